The third-order valence-electron chi connectivity index (χ3n) is 3.46. The van der Waals surface area contributed by atoms with E-state index < -0.39 is 10.0 Å². The van der Waals surface area contributed by atoms with Gasteiger partial charge in [0.15, 0.2) is 12.4 Å². The molecule has 2 heterocycles. The molecule has 23 heavy (non-hydrogen) atoms. The van der Waals surface area contributed by atoms with Crippen LogP contribution in [0.15, 0.2) is 30.3 Å². The summed E-state index contributed by atoms with van der Waals surface area (Å²) in [6.45, 7) is 0.277. The number of H-pyrrole nitrogens is 1. The van der Waals surface area contributed by atoms with Crippen molar-refractivity contribution in [3.8, 4) is 5.75 Å². The quantitative estimate of drug-likeness (QED) is 0.836. The number of sulfonamides is 1. The number of ether oxygens (including phenoxy) is 1. The Morgan fingerprint density at radius 3 is 2.78 bits per heavy atom. The number of benzene rings is 1. The molecule has 3 rings (SSSR count). The number of rotatable bonds is 5. The zero-order valence-corrected chi connectivity index (χ0v) is 13.3. The first-order valence-electron chi connectivity index (χ1n) is 6.92. The number of amides is 1. The average molecular weight is 336 g/mol. The van der Waals surface area contributed by atoms with Crippen molar-refractivity contribution in [2.24, 2.45) is 0 Å². The molecular formula is C14H16N4O4S. The van der Waals surface area contributed by atoms with Crippen LogP contribution in [0.4, 0.5) is 5.82 Å². The first-order valence-corrected chi connectivity index (χ1v) is 8.77. The van der Waals surface area contributed by atoms with E-state index in [0.717, 1.165) is 6.26 Å². The summed E-state index contributed by atoms with van der Waals surface area (Å²) in [5.41, 5.74) is 1.37. The largest absolute Gasteiger partial charge is 0.484 e. The molecule has 9 heteroatoms. The number of fused-ring (bicyclic) bond motifs is 1. The summed E-state index contributed by atoms with van der Waals surface area (Å²) in [5.74, 6) is 0.576. The van der Waals surface area contributed by atoms with Crippen LogP contribution in [0.2, 0.25) is 0 Å². The lowest BCUT2D eigenvalue weighted by atomic mass is 10.3. The first kappa shape index (κ1) is 15.5. The molecule has 1 amide bonds. The molecule has 1 aliphatic rings. The Morgan fingerprint density at radius 2 is 2.09 bits per heavy atom. The molecule has 1 aliphatic heterocycles. The van der Waals surface area contributed by atoms with Crippen LogP contribution in [0.1, 0.15) is 11.3 Å². The number of carbonyl (C=O) groups excluding carboxylic acids is 1. The van der Waals surface area contributed by atoms with Gasteiger partial charge in [-0.25, -0.2) is 8.42 Å². The Kier molecular flexibility index (Phi) is 4.05. The maximum absolute atomic E-state index is 11.9. The van der Waals surface area contributed by atoms with Crippen molar-refractivity contribution >= 4 is 21.7 Å². The average Bonchev–Trinajstić information content (AvgIpc) is 3.08. The van der Waals surface area contributed by atoms with Gasteiger partial charge in [0.2, 0.25) is 10.0 Å². The van der Waals surface area contributed by atoms with E-state index in [1.807, 2.05) is 18.2 Å². The molecule has 8 nitrogen and oxygen atoms in total. The molecule has 0 spiro atoms. The third kappa shape index (κ3) is 3.51. The van der Waals surface area contributed by atoms with E-state index >= 15 is 0 Å². The van der Waals surface area contributed by atoms with Crippen molar-refractivity contribution in [2.45, 2.75) is 13.1 Å². The number of hydrogen-bond donors (Lipinski definition) is 2. The van der Waals surface area contributed by atoms with Crippen molar-refractivity contribution in [3.63, 3.8) is 0 Å². The normalized spacial score (nSPS) is 14.5. The van der Waals surface area contributed by atoms with Gasteiger partial charge in [-0.3, -0.25) is 9.89 Å². The lowest BCUT2D eigenvalue weighted by molar-refractivity contribution is -0.118. The van der Waals surface area contributed by atoms with E-state index in [1.54, 1.807) is 12.1 Å². The van der Waals surface area contributed by atoms with Crippen LogP contribution in [0.3, 0.4) is 0 Å². The van der Waals surface area contributed by atoms with Gasteiger partial charge >= 0.3 is 0 Å². The molecule has 122 valence electrons. The van der Waals surface area contributed by atoms with Crippen molar-refractivity contribution in [3.05, 3.63) is 41.6 Å². The molecule has 2 N–H and O–H groups in total. The smallest absolute Gasteiger partial charge is 0.263 e. The zero-order chi connectivity index (χ0) is 16.4. The molecule has 0 bridgehead atoms. The third-order valence-corrected chi connectivity index (χ3v) is 4.66. The minimum atomic E-state index is -3.28. The summed E-state index contributed by atoms with van der Waals surface area (Å²) in [7, 11) is -3.28. The molecule has 0 unspecified atom stereocenters. The number of nitrogens with zero attached hydrogens (tertiary/aromatic N) is 2. The fourth-order valence-corrected chi connectivity index (χ4v) is 3.01. The Morgan fingerprint density at radius 1 is 1.35 bits per heavy atom. The SMILES string of the molecule is CS(=O)(=O)N1Cc2[nH]nc(NC(=O)COc3ccccc3)c2C1. The van der Waals surface area contributed by atoms with Crippen LogP contribution in [0.25, 0.3) is 0 Å². The minimum absolute atomic E-state index is 0.151. The summed E-state index contributed by atoms with van der Waals surface area (Å²) >= 11 is 0. The standard InChI is InChI=1S/C14H16N4O4S/c1-23(20,21)18-7-11-12(8-18)16-17-14(11)15-13(19)9-22-10-5-3-2-4-6-10/h2-6H,7-9H2,1H3,(H2,15,16,17,19). The number of carbonyl (C=O) groups is 1. The van der Waals surface area contributed by atoms with E-state index in [-0.39, 0.29) is 25.6 Å². The Balaban J connectivity index is 1.61. The van der Waals surface area contributed by atoms with Crippen molar-refractivity contribution < 1.29 is 17.9 Å². The second kappa shape index (κ2) is 6.01. The maximum Gasteiger partial charge on any atom is 0.263 e. The van der Waals surface area contributed by atoms with Gasteiger partial charge in [-0.05, 0) is 12.1 Å². The van der Waals surface area contributed by atoms with E-state index in [4.69, 9.17) is 4.74 Å². The molecule has 2 aromatic rings. The first-order chi connectivity index (χ1) is 10.9. The fourth-order valence-electron chi connectivity index (χ4n) is 2.28. The minimum Gasteiger partial charge on any atom is -0.484 e. The Labute approximate surface area is 133 Å². The lowest BCUT2D eigenvalue weighted by Gasteiger charge is -2.11. The highest BCUT2D eigenvalue weighted by Crippen LogP contribution is 2.28. The molecule has 0 atom stereocenters. The van der Waals surface area contributed by atoms with E-state index in [0.29, 0.717) is 22.8 Å². The van der Waals surface area contributed by atoms with E-state index in [1.165, 1.54) is 4.31 Å². The molecule has 0 saturated carbocycles. The second-order valence-corrected chi connectivity index (χ2v) is 7.19. The number of aromatic nitrogens is 2. The summed E-state index contributed by atoms with van der Waals surface area (Å²) in [5, 5.41) is 9.41. The second-order valence-electron chi connectivity index (χ2n) is 5.21. The number of hydrogen-bond acceptors (Lipinski definition) is 5. The maximum atomic E-state index is 11.9. The summed E-state index contributed by atoms with van der Waals surface area (Å²) in [6.07, 6.45) is 1.15. The number of aromatic amines is 1. The van der Waals surface area contributed by atoms with Gasteiger partial charge in [0.25, 0.3) is 5.91 Å². The predicted molar refractivity (Wildman–Crippen MR) is 83.2 cm³/mol. The Hall–Kier alpha value is -2.39. The predicted octanol–water partition coefficient (Wildman–Crippen LogP) is 0.702. The van der Waals surface area contributed by atoms with Crippen LogP contribution in [0, 0.1) is 0 Å². The van der Waals surface area contributed by atoms with Crippen LogP contribution in [-0.4, -0.2) is 41.7 Å². The van der Waals surface area contributed by atoms with Gasteiger partial charge in [0.1, 0.15) is 5.75 Å². The summed E-state index contributed by atoms with van der Waals surface area (Å²) < 4.78 is 29.8. The van der Waals surface area contributed by atoms with Crippen molar-refractivity contribution in [1.29, 1.82) is 0 Å². The van der Waals surface area contributed by atoms with E-state index in [2.05, 4.69) is 15.5 Å². The molecule has 1 aromatic heterocycles. The summed E-state index contributed by atoms with van der Waals surface area (Å²) in [6, 6.07) is 8.99. The van der Waals surface area contributed by atoms with Crippen LogP contribution in [0.5, 0.6) is 5.75 Å². The highest BCUT2D eigenvalue weighted by Gasteiger charge is 2.30. The number of nitrogens with one attached hydrogen (secondary N) is 2. The number of para-hydroxylation sites is 1. The molecule has 0 radical (unpaired) electrons. The monoisotopic (exact) mass is 336 g/mol. The molecule has 0 fully saturated rings. The fraction of sp³-hybridized carbons (Fsp3) is 0.286. The topological polar surface area (TPSA) is 104 Å². The van der Waals surface area contributed by atoms with Gasteiger partial charge in [-0.15, -0.1) is 0 Å². The zero-order valence-electron chi connectivity index (χ0n) is 12.4. The van der Waals surface area contributed by atoms with Crippen molar-refractivity contribution in [1.82, 2.24) is 14.5 Å². The van der Waals surface area contributed by atoms with E-state index in [9.17, 15) is 13.2 Å². The molecule has 0 aliphatic carbocycles. The van der Waals surface area contributed by atoms with Crippen LogP contribution in [-0.2, 0) is 27.9 Å². The highest BCUT2D eigenvalue weighted by atomic mass is 32.2. The molecular weight excluding hydrogens is 320 g/mol. The van der Waals surface area contributed by atoms with Gasteiger partial charge in [0.05, 0.1) is 18.5 Å². The highest BCUT2D eigenvalue weighted by molar-refractivity contribution is 7.88. The molecule has 0 saturated heterocycles. The lowest BCUT2D eigenvalue weighted by Crippen LogP contribution is -2.25. The van der Waals surface area contributed by atoms with Crippen LogP contribution < -0.4 is 10.1 Å². The molecule has 1 aromatic carbocycles. The van der Waals surface area contributed by atoms with Crippen LogP contribution >= 0.6 is 0 Å². The van der Waals surface area contributed by atoms with Crippen molar-refractivity contribution in [2.75, 3.05) is 18.2 Å². The van der Waals surface area contributed by atoms with Gasteiger partial charge in [0, 0.05) is 12.1 Å². The van der Waals surface area contributed by atoms with Gasteiger partial charge in [-0.2, -0.15) is 9.40 Å². The van der Waals surface area contributed by atoms with Gasteiger partial charge < -0.3 is 10.1 Å². The number of anilines is 1. The Bertz CT molecular complexity index is 817. The van der Waals surface area contributed by atoms with Gasteiger partial charge in [-0.1, -0.05) is 18.2 Å². The summed E-state index contributed by atoms with van der Waals surface area (Å²) in [4.78, 5) is 11.9.